The van der Waals surface area contributed by atoms with Crippen LogP contribution in [0.4, 0.5) is 0 Å². The van der Waals surface area contributed by atoms with Crippen molar-refractivity contribution in [2.45, 2.75) is 6.42 Å². The quantitative estimate of drug-likeness (QED) is 0.560. The molecule has 0 radical (unpaired) electrons. The summed E-state index contributed by atoms with van der Waals surface area (Å²) in [5.41, 5.74) is 2.41. The number of benzene rings is 1. The van der Waals surface area contributed by atoms with E-state index in [-0.39, 0.29) is 17.5 Å². The molecule has 0 spiro atoms. The second-order valence-corrected chi connectivity index (χ2v) is 6.00. The summed E-state index contributed by atoms with van der Waals surface area (Å²) in [6.45, 7) is 0.423. The van der Waals surface area contributed by atoms with Gasteiger partial charge in [-0.2, -0.15) is 0 Å². The molecule has 0 saturated heterocycles. The highest BCUT2D eigenvalue weighted by molar-refractivity contribution is 6.05. The second-order valence-electron chi connectivity index (χ2n) is 6.00. The number of amides is 2. The van der Waals surface area contributed by atoms with Gasteiger partial charge in [-0.1, -0.05) is 18.2 Å². The third kappa shape index (κ3) is 4.94. The number of carbonyl (C=O) groups is 2. The van der Waals surface area contributed by atoms with Crippen molar-refractivity contribution in [2.24, 2.45) is 7.05 Å². The summed E-state index contributed by atoms with van der Waals surface area (Å²) < 4.78 is 1.87. The van der Waals surface area contributed by atoms with E-state index >= 15 is 0 Å². The SMILES string of the molecule is Cn1cccc1/C=C(/NC(=O)c1ccccc1)C(=O)NCCc1cnc[nH]1. The molecule has 7 heteroatoms. The highest BCUT2D eigenvalue weighted by atomic mass is 16.2. The second kappa shape index (κ2) is 8.66. The molecule has 0 atom stereocenters. The maximum Gasteiger partial charge on any atom is 0.267 e. The third-order valence-corrected chi connectivity index (χ3v) is 4.04. The Morgan fingerprint density at radius 2 is 2.00 bits per heavy atom. The minimum Gasteiger partial charge on any atom is -0.351 e. The average molecular weight is 363 g/mol. The van der Waals surface area contributed by atoms with Gasteiger partial charge in [-0.15, -0.1) is 0 Å². The van der Waals surface area contributed by atoms with E-state index in [4.69, 9.17) is 0 Å². The molecule has 3 rings (SSSR count). The molecule has 0 unspecified atom stereocenters. The van der Waals surface area contributed by atoms with Crippen LogP contribution in [-0.2, 0) is 18.3 Å². The van der Waals surface area contributed by atoms with Crippen LogP contribution in [0.25, 0.3) is 6.08 Å². The summed E-state index contributed by atoms with van der Waals surface area (Å²) in [6, 6.07) is 12.5. The van der Waals surface area contributed by atoms with Crippen LogP contribution < -0.4 is 10.6 Å². The highest BCUT2D eigenvalue weighted by Gasteiger charge is 2.15. The first-order valence-corrected chi connectivity index (χ1v) is 8.58. The number of nitrogens with zero attached hydrogens (tertiary/aromatic N) is 2. The molecule has 0 saturated carbocycles. The largest absolute Gasteiger partial charge is 0.351 e. The zero-order valence-electron chi connectivity index (χ0n) is 15.0. The van der Waals surface area contributed by atoms with Gasteiger partial charge in [-0.05, 0) is 30.3 Å². The van der Waals surface area contributed by atoms with Crippen LogP contribution in [-0.4, -0.2) is 32.9 Å². The van der Waals surface area contributed by atoms with Gasteiger partial charge in [0.1, 0.15) is 5.70 Å². The first kappa shape index (κ1) is 18.2. The van der Waals surface area contributed by atoms with Crippen LogP contribution >= 0.6 is 0 Å². The number of hydrogen-bond donors (Lipinski definition) is 3. The Morgan fingerprint density at radius 3 is 2.67 bits per heavy atom. The van der Waals surface area contributed by atoms with Gasteiger partial charge in [-0.3, -0.25) is 9.59 Å². The van der Waals surface area contributed by atoms with Gasteiger partial charge in [-0.25, -0.2) is 4.98 Å². The van der Waals surface area contributed by atoms with Gasteiger partial charge in [0.15, 0.2) is 0 Å². The summed E-state index contributed by atoms with van der Waals surface area (Å²) in [6.07, 6.45) is 7.46. The normalized spacial score (nSPS) is 11.2. The number of nitrogens with one attached hydrogen (secondary N) is 3. The maximum atomic E-state index is 12.6. The monoisotopic (exact) mass is 363 g/mol. The Balaban J connectivity index is 1.73. The molecule has 0 aliphatic carbocycles. The molecule has 0 aliphatic rings. The van der Waals surface area contributed by atoms with Crippen LogP contribution in [0.3, 0.4) is 0 Å². The van der Waals surface area contributed by atoms with Crippen LogP contribution in [0, 0.1) is 0 Å². The Bertz CT molecular complexity index is 926. The van der Waals surface area contributed by atoms with Gasteiger partial charge in [0, 0.05) is 49.4 Å². The molecule has 0 fully saturated rings. The minimum atomic E-state index is -0.347. The average Bonchev–Trinajstić information content (AvgIpc) is 3.34. The van der Waals surface area contributed by atoms with E-state index in [1.165, 1.54) is 0 Å². The fourth-order valence-electron chi connectivity index (χ4n) is 2.54. The molecule has 1 aromatic carbocycles. The number of rotatable bonds is 7. The predicted octanol–water partition coefficient (Wildman–Crippen LogP) is 1.88. The van der Waals surface area contributed by atoms with E-state index in [1.807, 2.05) is 36.0 Å². The Labute approximate surface area is 157 Å². The van der Waals surface area contributed by atoms with Gasteiger partial charge < -0.3 is 20.2 Å². The number of H-pyrrole nitrogens is 1. The molecule has 2 amide bonds. The zero-order chi connectivity index (χ0) is 19.1. The Hall–Kier alpha value is -3.61. The van der Waals surface area contributed by atoms with Crippen molar-refractivity contribution in [1.29, 1.82) is 0 Å². The standard InChI is InChI=1S/C20H21N5O2/c1-25-11-5-8-17(25)12-18(24-19(26)15-6-3-2-4-7-15)20(27)22-10-9-16-13-21-14-23-16/h2-8,11-14H,9-10H2,1H3,(H,21,23)(H,22,27)(H,24,26)/b18-12+. The number of carbonyl (C=O) groups excluding carboxylic acids is 2. The molecule has 0 aliphatic heterocycles. The molecule has 2 heterocycles. The first-order valence-electron chi connectivity index (χ1n) is 8.58. The van der Waals surface area contributed by atoms with Crippen LogP contribution in [0.1, 0.15) is 21.7 Å². The van der Waals surface area contributed by atoms with Crippen molar-refractivity contribution >= 4 is 17.9 Å². The number of hydrogen-bond acceptors (Lipinski definition) is 3. The number of aromatic amines is 1. The fourth-order valence-corrected chi connectivity index (χ4v) is 2.54. The molecular weight excluding hydrogens is 342 g/mol. The van der Waals surface area contributed by atoms with Crippen molar-refractivity contribution in [1.82, 2.24) is 25.2 Å². The van der Waals surface area contributed by atoms with E-state index in [2.05, 4.69) is 20.6 Å². The molecule has 2 aromatic heterocycles. The van der Waals surface area contributed by atoms with Gasteiger partial charge in [0.2, 0.25) is 0 Å². The van der Waals surface area contributed by atoms with Crippen molar-refractivity contribution in [3.63, 3.8) is 0 Å². The molecule has 0 bridgehead atoms. The molecule has 7 nitrogen and oxygen atoms in total. The van der Waals surface area contributed by atoms with E-state index in [0.717, 1.165) is 11.4 Å². The van der Waals surface area contributed by atoms with Crippen molar-refractivity contribution < 1.29 is 9.59 Å². The van der Waals surface area contributed by atoms with Crippen molar-refractivity contribution in [3.8, 4) is 0 Å². The summed E-state index contributed by atoms with van der Waals surface area (Å²) in [5.74, 6) is -0.681. The Kier molecular flexibility index (Phi) is 5.84. The molecular formula is C20H21N5O2. The summed E-state index contributed by atoms with van der Waals surface area (Å²) >= 11 is 0. The van der Waals surface area contributed by atoms with Crippen LogP contribution in [0.2, 0.25) is 0 Å². The predicted molar refractivity (Wildman–Crippen MR) is 103 cm³/mol. The topological polar surface area (TPSA) is 91.8 Å². The van der Waals surface area contributed by atoms with E-state index in [9.17, 15) is 9.59 Å². The zero-order valence-corrected chi connectivity index (χ0v) is 15.0. The molecule has 3 aromatic rings. The Morgan fingerprint density at radius 1 is 1.19 bits per heavy atom. The molecule has 138 valence electrons. The lowest BCUT2D eigenvalue weighted by Gasteiger charge is -2.11. The molecule has 27 heavy (non-hydrogen) atoms. The summed E-state index contributed by atoms with van der Waals surface area (Å²) in [7, 11) is 1.87. The fraction of sp³-hybridized carbons (Fsp3) is 0.150. The van der Waals surface area contributed by atoms with Gasteiger partial charge in [0.25, 0.3) is 11.8 Å². The smallest absolute Gasteiger partial charge is 0.267 e. The number of imidazole rings is 1. The van der Waals surface area contributed by atoms with Crippen molar-refractivity contribution in [3.05, 3.63) is 83.8 Å². The summed E-state index contributed by atoms with van der Waals surface area (Å²) in [4.78, 5) is 32.1. The van der Waals surface area contributed by atoms with Crippen molar-refractivity contribution in [2.75, 3.05) is 6.54 Å². The first-order chi connectivity index (χ1) is 13.1. The van der Waals surface area contributed by atoms with Crippen LogP contribution in [0.15, 0.2) is 66.9 Å². The van der Waals surface area contributed by atoms with E-state index < -0.39 is 0 Å². The van der Waals surface area contributed by atoms with Crippen LogP contribution in [0.5, 0.6) is 0 Å². The minimum absolute atomic E-state index is 0.190. The lowest BCUT2D eigenvalue weighted by molar-refractivity contribution is -0.117. The summed E-state index contributed by atoms with van der Waals surface area (Å²) in [5, 5.41) is 5.55. The molecule has 3 N–H and O–H groups in total. The lowest BCUT2D eigenvalue weighted by atomic mass is 10.2. The number of aromatic nitrogens is 3. The van der Waals surface area contributed by atoms with Gasteiger partial charge >= 0.3 is 0 Å². The lowest BCUT2D eigenvalue weighted by Crippen LogP contribution is -2.35. The van der Waals surface area contributed by atoms with E-state index in [0.29, 0.717) is 18.5 Å². The third-order valence-electron chi connectivity index (χ3n) is 4.04. The van der Waals surface area contributed by atoms with Gasteiger partial charge in [0.05, 0.1) is 6.33 Å². The van der Waals surface area contributed by atoms with E-state index in [1.54, 1.807) is 42.9 Å². The maximum absolute atomic E-state index is 12.6. The number of aryl methyl sites for hydroxylation is 1. The highest BCUT2D eigenvalue weighted by Crippen LogP contribution is 2.08.